The number of nitrogens with one attached hydrogen (secondary N) is 2. The number of H-pyrrole nitrogens is 1. The summed E-state index contributed by atoms with van der Waals surface area (Å²) in [5.41, 5.74) is 1.97. The number of aromatic nitrogens is 2. The van der Waals surface area contributed by atoms with Gasteiger partial charge in [0, 0.05) is 23.5 Å². The highest BCUT2D eigenvalue weighted by Crippen LogP contribution is 2.09. The van der Waals surface area contributed by atoms with E-state index in [0.29, 0.717) is 13.0 Å². The van der Waals surface area contributed by atoms with Gasteiger partial charge in [-0.05, 0) is 24.1 Å². The van der Waals surface area contributed by atoms with Crippen LogP contribution in [0.15, 0.2) is 36.8 Å². The molecule has 4 nitrogen and oxygen atoms in total. The molecule has 0 spiro atoms. The summed E-state index contributed by atoms with van der Waals surface area (Å²) in [4.78, 5) is 18.3. The maximum absolute atomic E-state index is 11.6. The quantitative estimate of drug-likeness (QED) is 0.866. The summed E-state index contributed by atoms with van der Waals surface area (Å²) < 4.78 is 0. The Morgan fingerprint density at radius 1 is 1.33 bits per heavy atom. The Morgan fingerprint density at radius 2 is 2.11 bits per heavy atom. The van der Waals surface area contributed by atoms with Crippen LogP contribution >= 0.6 is 11.6 Å². The van der Waals surface area contributed by atoms with Crippen molar-refractivity contribution in [1.82, 2.24) is 15.3 Å². The average molecular weight is 264 g/mol. The highest BCUT2D eigenvalue weighted by atomic mass is 35.5. The van der Waals surface area contributed by atoms with E-state index in [1.807, 2.05) is 24.3 Å². The van der Waals surface area contributed by atoms with E-state index in [9.17, 15) is 4.79 Å². The Hall–Kier alpha value is -1.81. The Bertz CT molecular complexity index is 493. The minimum atomic E-state index is -0.00628. The van der Waals surface area contributed by atoms with Crippen molar-refractivity contribution in [3.8, 4) is 0 Å². The Balaban J connectivity index is 1.72. The van der Waals surface area contributed by atoms with Crippen LogP contribution in [0.5, 0.6) is 0 Å². The fraction of sp³-hybridized carbons (Fsp3) is 0.231. The molecule has 1 aromatic heterocycles. The van der Waals surface area contributed by atoms with Crippen LogP contribution in [0.25, 0.3) is 0 Å². The van der Waals surface area contributed by atoms with Gasteiger partial charge in [-0.3, -0.25) is 4.79 Å². The molecule has 0 atom stereocenters. The van der Waals surface area contributed by atoms with Gasteiger partial charge in [0.05, 0.1) is 12.7 Å². The molecule has 0 radical (unpaired) electrons. The second-order valence-corrected chi connectivity index (χ2v) is 4.42. The number of amides is 1. The normalized spacial score (nSPS) is 10.3. The van der Waals surface area contributed by atoms with Crippen LogP contribution < -0.4 is 5.32 Å². The summed E-state index contributed by atoms with van der Waals surface area (Å²) in [5, 5.41) is 3.59. The van der Waals surface area contributed by atoms with Gasteiger partial charge in [-0.15, -0.1) is 0 Å². The van der Waals surface area contributed by atoms with Crippen LogP contribution in [0.2, 0.25) is 5.02 Å². The zero-order chi connectivity index (χ0) is 12.8. The van der Waals surface area contributed by atoms with Gasteiger partial charge in [-0.25, -0.2) is 4.98 Å². The van der Waals surface area contributed by atoms with Gasteiger partial charge in [0.25, 0.3) is 0 Å². The first-order valence-electron chi connectivity index (χ1n) is 5.72. The van der Waals surface area contributed by atoms with Crippen LogP contribution in [0.3, 0.4) is 0 Å². The molecular formula is C13H14ClN3O. The molecule has 0 aliphatic heterocycles. The van der Waals surface area contributed by atoms with Crippen molar-refractivity contribution in [2.45, 2.75) is 12.8 Å². The van der Waals surface area contributed by atoms with E-state index in [1.165, 1.54) is 0 Å². The molecule has 2 aromatic rings. The molecule has 0 saturated carbocycles. The molecular weight excluding hydrogens is 250 g/mol. The number of aromatic amines is 1. The van der Waals surface area contributed by atoms with E-state index in [0.717, 1.165) is 22.7 Å². The van der Waals surface area contributed by atoms with E-state index in [-0.39, 0.29) is 5.91 Å². The Labute approximate surface area is 110 Å². The number of hydrogen-bond acceptors (Lipinski definition) is 2. The molecule has 2 rings (SSSR count). The largest absolute Gasteiger partial charge is 0.355 e. The first-order valence-corrected chi connectivity index (χ1v) is 6.10. The highest BCUT2D eigenvalue weighted by Gasteiger charge is 2.03. The number of hydrogen-bond donors (Lipinski definition) is 2. The first-order chi connectivity index (χ1) is 8.74. The number of benzene rings is 1. The number of nitrogens with zero attached hydrogens (tertiary/aromatic N) is 1. The maximum atomic E-state index is 11.6. The number of halogens is 1. The van der Waals surface area contributed by atoms with Crippen LogP contribution in [-0.2, 0) is 17.6 Å². The number of rotatable bonds is 5. The maximum Gasteiger partial charge on any atom is 0.226 e. The monoisotopic (exact) mass is 263 g/mol. The second-order valence-electron chi connectivity index (χ2n) is 3.98. The van der Waals surface area contributed by atoms with Crippen molar-refractivity contribution < 1.29 is 4.79 Å². The van der Waals surface area contributed by atoms with E-state index in [1.54, 1.807) is 12.5 Å². The summed E-state index contributed by atoms with van der Waals surface area (Å²) in [6, 6.07) is 7.62. The molecule has 2 N–H and O–H groups in total. The van der Waals surface area contributed by atoms with Crippen LogP contribution in [-0.4, -0.2) is 22.4 Å². The lowest BCUT2D eigenvalue weighted by molar-refractivity contribution is -0.120. The van der Waals surface area contributed by atoms with Crippen molar-refractivity contribution in [1.29, 1.82) is 0 Å². The molecule has 0 fully saturated rings. The SMILES string of the molecule is O=C(Cc1cnc[nH]1)NCCc1ccc(Cl)cc1. The average Bonchev–Trinajstić information content (AvgIpc) is 2.84. The molecule has 0 bridgehead atoms. The summed E-state index contributed by atoms with van der Waals surface area (Å²) in [6.45, 7) is 0.620. The topological polar surface area (TPSA) is 57.8 Å². The van der Waals surface area contributed by atoms with E-state index < -0.39 is 0 Å². The van der Waals surface area contributed by atoms with E-state index in [2.05, 4.69) is 15.3 Å². The van der Waals surface area contributed by atoms with Gasteiger partial charge in [0.1, 0.15) is 0 Å². The van der Waals surface area contributed by atoms with Gasteiger partial charge in [-0.2, -0.15) is 0 Å². The summed E-state index contributed by atoms with van der Waals surface area (Å²) >= 11 is 5.80. The molecule has 94 valence electrons. The van der Waals surface area contributed by atoms with Crippen molar-refractivity contribution in [3.63, 3.8) is 0 Å². The molecule has 1 aromatic carbocycles. The molecule has 0 saturated heterocycles. The van der Waals surface area contributed by atoms with Crippen molar-refractivity contribution >= 4 is 17.5 Å². The van der Waals surface area contributed by atoms with Crippen molar-refractivity contribution in [2.75, 3.05) is 6.54 Å². The van der Waals surface area contributed by atoms with Gasteiger partial charge in [0.15, 0.2) is 0 Å². The minimum Gasteiger partial charge on any atom is -0.355 e. The zero-order valence-electron chi connectivity index (χ0n) is 9.82. The number of carbonyl (C=O) groups excluding carboxylic acids is 1. The van der Waals surface area contributed by atoms with Gasteiger partial charge in [0.2, 0.25) is 5.91 Å². The van der Waals surface area contributed by atoms with Crippen LogP contribution in [0.1, 0.15) is 11.3 Å². The van der Waals surface area contributed by atoms with Gasteiger partial charge >= 0.3 is 0 Å². The zero-order valence-corrected chi connectivity index (χ0v) is 10.6. The van der Waals surface area contributed by atoms with Crippen LogP contribution in [0.4, 0.5) is 0 Å². The van der Waals surface area contributed by atoms with Crippen molar-refractivity contribution in [3.05, 3.63) is 53.1 Å². The molecule has 0 unspecified atom stereocenters. The summed E-state index contributed by atoms with van der Waals surface area (Å²) in [7, 11) is 0. The van der Waals surface area contributed by atoms with Gasteiger partial charge in [-0.1, -0.05) is 23.7 Å². The lowest BCUT2D eigenvalue weighted by atomic mass is 10.1. The Morgan fingerprint density at radius 3 is 2.78 bits per heavy atom. The fourth-order valence-electron chi connectivity index (χ4n) is 1.61. The summed E-state index contributed by atoms with van der Waals surface area (Å²) in [6.07, 6.45) is 4.35. The second kappa shape index (κ2) is 6.21. The Kier molecular flexibility index (Phi) is 4.36. The minimum absolute atomic E-state index is 0.00628. The third-order valence-electron chi connectivity index (χ3n) is 2.55. The molecule has 0 aliphatic carbocycles. The third kappa shape index (κ3) is 3.89. The van der Waals surface area contributed by atoms with Crippen LogP contribution in [0, 0.1) is 0 Å². The van der Waals surface area contributed by atoms with E-state index in [4.69, 9.17) is 11.6 Å². The lowest BCUT2D eigenvalue weighted by Crippen LogP contribution is -2.27. The fourth-order valence-corrected chi connectivity index (χ4v) is 1.74. The third-order valence-corrected chi connectivity index (χ3v) is 2.81. The summed E-state index contributed by atoms with van der Waals surface area (Å²) in [5.74, 6) is -0.00628. The van der Waals surface area contributed by atoms with Crippen molar-refractivity contribution in [2.24, 2.45) is 0 Å². The highest BCUT2D eigenvalue weighted by molar-refractivity contribution is 6.30. The molecule has 1 heterocycles. The van der Waals surface area contributed by atoms with E-state index >= 15 is 0 Å². The molecule has 18 heavy (non-hydrogen) atoms. The molecule has 0 aliphatic rings. The molecule has 5 heteroatoms. The van der Waals surface area contributed by atoms with Gasteiger partial charge < -0.3 is 10.3 Å². The predicted octanol–water partition coefficient (Wildman–Crippen LogP) is 1.96. The lowest BCUT2D eigenvalue weighted by Gasteiger charge is -2.04. The first kappa shape index (κ1) is 12.6. The number of carbonyl (C=O) groups is 1. The standard InChI is InChI=1S/C13H14ClN3O/c14-11-3-1-10(2-4-11)5-6-16-13(18)7-12-8-15-9-17-12/h1-4,8-9H,5-7H2,(H,15,17)(H,16,18). The smallest absolute Gasteiger partial charge is 0.226 e. The predicted molar refractivity (Wildman–Crippen MR) is 70.5 cm³/mol. The number of imidazole rings is 1. The molecule has 1 amide bonds.